The lowest BCUT2D eigenvalue weighted by molar-refractivity contribution is 0.292. The van der Waals surface area contributed by atoms with Gasteiger partial charge in [0, 0.05) is 6.54 Å². The standard InChI is InChI=1S/C6H14N2/c1-4-7(2)6-5-8(6)3/h6H,4-5H2,1-3H3. The molecule has 0 aromatic rings. The fraction of sp³-hybridized carbons (Fsp3) is 1.00. The van der Waals surface area contributed by atoms with Crippen LogP contribution in [0, 0.1) is 0 Å². The van der Waals surface area contributed by atoms with Gasteiger partial charge in [0.1, 0.15) is 0 Å². The van der Waals surface area contributed by atoms with E-state index in [1.54, 1.807) is 0 Å². The number of nitrogens with zero attached hydrogens (tertiary/aromatic N) is 2. The molecule has 0 N–H and O–H groups in total. The van der Waals surface area contributed by atoms with E-state index in [9.17, 15) is 0 Å². The van der Waals surface area contributed by atoms with Crippen molar-refractivity contribution in [3.05, 3.63) is 0 Å². The van der Waals surface area contributed by atoms with E-state index < -0.39 is 0 Å². The van der Waals surface area contributed by atoms with E-state index in [4.69, 9.17) is 0 Å². The normalized spacial score (nSPS) is 36.0. The Bertz CT molecular complexity index is 80.6. The molecule has 1 heterocycles. The minimum Gasteiger partial charge on any atom is -0.290 e. The molecule has 2 atom stereocenters. The molecule has 0 amide bonds. The molecule has 2 nitrogen and oxygen atoms in total. The molecule has 2 unspecified atom stereocenters. The molecule has 1 fully saturated rings. The van der Waals surface area contributed by atoms with Crippen LogP contribution in [0.4, 0.5) is 0 Å². The van der Waals surface area contributed by atoms with Gasteiger partial charge in [-0.25, -0.2) is 0 Å². The average molecular weight is 114 g/mol. The zero-order valence-electron chi connectivity index (χ0n) is 5.89. The summed E-state index contributed by atoms with van der Waals surface area (Å²) in [5, 5.41) is 0. The maximum atomic E-state index is 2.35. The molecule has 0 aliphatic carbocycles. The Morgan fingerprint density at radius 1 is 1.75 bits per heavy atom. The molecule has 8 heavy (non-hydrogen) atoms. The second-order valence-electron chi connectivity index (χ2n) is 2.49. The number of likely N-dealkylation sites (N-methyl/N-ethyl adjacent to an activating group) is 2. The topological polar surface area (TPSA) is 6.25 Å². The molecule has 1 rings (SSSR count). The van der Waals surface area contributed by atoms with Crippen LogP contribution in [0.1, 0.15) is 6.92 Å². The highest BCUT2D eigenvalue weighted by atomic mass is 15.4. The van der Waals surface area contributed by atoms with Gasteiger partial charge >= 0.3 is 0 Å². The first-order valence-electron chi connectivity index (χ1n) is 3.16. The van der Waals surface area contributed by atoms with Gasteiger partial charge in [-0.2, -0.15) is 0 Å². The quantitative estimate of drug-likeness (QED) is 0.473. The fourth-order valence-corrected chi connectivity index (χ4v) is 0.897. The highest BCUT2D eigenvalue weighted by molar-refractivity contribution is 4.83. The molecule has 48 valence electrons. The summed E-state index contributed by atoms with van der Waals surface area (Å²) in [6.45, 7) is 4.60. The lowest BCUT2D eigenvalue weighted by Gasteiger charge is -2.11. The first-order chi connectivity index (χ1) is 3.75. The van der Waals surface area contributed by atoms with Crippen molar-refractivity contribution in [3.8, 4) is 0 Å². The summed E-state index contributed by atoms with van der Waals surface area (Å²) in [4.78, 5) is 4.67. The van der Waals surface area contributed by atoms with E-state index in [-0.39, 0.29) is 0 Å². The van der Waals surface area contributed by atoms with Crippen LogP contribution in [0.3, 0.4) is 0 Å². The third-order valence-electron chi connectivity index (χ3n) is 1.83. The monoisotopic (exact) mass is 114 g/mol. The molecule has 1 saturated heterocycles. The van der Waals surface area contributed by atoms with E-state index in [0.717, 1.165) is 12.7 Å². The molecule has 0 saturated carbocycles. The minimum atomic E-state index is 0.750. The predicted octanol–water partition coefficient (Wildman–Crippen LogP) is 0.210. The van der Waals surface area contributed by atoms with Gasteiger partial charge < -0.3 is 0 Å². The van der Waals surface area contributed by atoms with Gasteiger partial charge in [-0.05, 0) is 20.6 Å². The largest absolute Gasteiger partial charge is 0.290 e. The van der Waals surface area contributed by atoms with Gasteiger partial charge in [-0.1, -0.05) is 6.92 Å². The highest BCUT2D eigenvalue weighted by Crippen LogP contribution is 2.15. The molecule has 2 heteroatoms. The number of hydrogen-bond donors (Lipinski definition) is 0. The van der Waals surface area contributed by atoms with Crippen LogP contribution < -0.4 is 0 Å². The van der Waals surface area contributed by atoms with Gasteiger partial charge in [0.15, 0.2) is 0 Å². The Morgan fingerprint density at radius 3 is 2.38 bits per heavy atom. The van der Waals surface area contributed by atoms with Gasteiger partial charge in [0.2, 0.25) is 0 Å². The summed E-state index contributed by atoms with van der Waals surface area (Å²) >= 11 is 0. The van der Waals surface area contributed by atoms with Crippen LogP contribution in [-0.2, 0) is 0 Å². The van der Waals surface area contributed by atoms with Crippen LogP contribution in [0.2, 0.25) is 0 Å². The van der Waals surface area contributed by atoms with E-state index in [0.29, 0.717) is 0 Å². The van der Waals surface area contributed by atoms with Crippen molar-refractivity contribution < 1.29 is 0 Å². The van der Waals surface area contributed by atoms with Gasteiger partial charge in [0.25, 0.3) is 0 Å². The first-order valence-corrected chi connectivity index (χ1v) is 3.16. The van der Waals surface area contributed by atoms with Crippen LogP contribution in [-0.4, -0.2) is 43.2 Å². The van der Waals surface area contributed by atoms with E-state index in [1.165, 1.54) is 6.54 Å². The summed E-state index contributed by atoms with van der Waals surface area (Å²) in [6, 6.07) is 0. The highest BCUT2D eigenvalue weighted by Gasteiger charge is 2.32. The Kier molecular flexibility index (Phi) is 1.54. The Labute approximate surface area is 51.1 Å². The summed E-state index contributed by atoms with van der Waals surface area (Å²) in [5.74, 6) is 0. The number of rotatable bonds is 2. The van der Waals surface area contributed by atoms with Crippen molar-refractivity contribution in [1.82, 2.24) is 9.80 Å². The van der Waals surface area contributed by atoms with E-state index >= 15 is 0 Å². The molecular formula is C6H14N2. The molecule has 0 bridgehead atoms. The van der Waals surface area contributed by atoms with Crippen molar-refractivity contribution in [1.29, 1.82) is 0 Å². The van der Waals surface area contributed by atoms with Crippen LogP contribution in [0.25, 0.3) is 0 Å². The van der Waals surface area contributed by atoms with Crippen LogP contribution >= 0.6 is 0 Å². The van der Waals surface area contributed by atoms with Gasteiger partial charge in [-0.15, -0.1) is 0 Å². The third-order valence-corrected chi connectivity index (χ3v) is 1.83. The molecule has 0 aromatic heterocycles. The Morgan fingerprint density at radius 2 is 2.25 bits per heavy atom. The Hall–Kier alpha value is -0.0800. The summed E-state index contributed by atoms with van der Waals surface area (Å²) in [6.07, 6.45) is 0.750. The zero-order valence-corrected chi connectivity index (χ0v) is 5.89. The third kappa shape index (κ3) is 1.01. The van der Waals surface area contributed by atoms with E-state index in [1.807, 2.05) is 0 Å². The van der Waals surface area contributed by atoms with Crippen molar-refractivity contribution in [2.45, 2.75) is 13.1 Å². The molecule has 1 aliphatic heterocycles. The van der Waals surface area contributed by atoms with Crippen molar-refractivity contribution >= 4 is 0 Å². The average Bonchev–Trinajstić information content (AvgIpc) is 2.45. The van der Waals surface area contributed by atoms with Gasteiger partial charge in [0.05, 0.1) is 6.17 Å². The second-order valence-corrected chi connectivity index (χ2v) is 2.49. The lowest BCUT2D eigenvalue weighted by Crippen LogP contribution is -2.23. The van der Waals surface area contributed by atoms with Crippen LogP contribution in [0.15, 0.2) is 0 Å². The van der Waals surface area contributed by atoms with Gasteiger partial charge in [-0.3, -0.25) is 9.80 Å². The fourth-order valence-electron chi connectivity index (χ4n) is 0.897. The molecule has 0 radical (unpaired) electrons. The Balaban J connectivity index is 2.18. The maximum Gasteiger partial charge on any atom is 0.0750 e. The smallest absolute Gasteiger partial charge is 0.0750 e. The van der Waals surface area contributed by atoms with Crippen molar-refractivity contribution in [2.75, 3.05) is 27.2 Å². The minimum absolute atomic E-state index is 0.750. The van der Waals surface area contributed by atoms with Crippen molar-refractivity contribution in [2.24, 2.45) is 0 Å². The number of hydrogen-bond acceptors (Lipinski definition) is 2. The lowest BCUT2D eigenvalue weighted by atomic mass is 10.6. The van der Waals surface area contributed by atoms with E-state index in [2.05, 4.69) is 30.8 Å². The SMILES string of the molecule is CCN(C)C1CN1C. The summed E-state index contributed by atoms with van der Waals surface area (Å²) in [5.41, 5.74) is 0. The molecule has 1 aliphatic rings. The summed E-state index contributed by atoms with van der Waals surface area (Å²) < 4.78 is 0. The zero-order chi connectivity index (χ0) is 6.15. The molecule has 0 aromatic carbocycles. The van der Waals surface area contributed by atoms with Crippen LogP contribution in [0.5, 0.6) is 0 Å². The second kappa shape index (κ2) is 2.03. The summed E-state index contributed by atoms with van der Waals surface area (Å²) in [7, 11) is 4.31. The first kappa shape index (κ1) is 6.05. The maximum absolute atomic E-state index is 2.35. The van der Waals surface area contributed by atoms with Crippen molar-refractivity contribution in [3.63, 3.8) is 0 Å². The molecular weight excluding hydrogens is 100 g/mol. The molecule has 0 spiro atoms. The predicted molar refractivity (Wildman–Crippen MR) is 34.7 cm³/mol.